The Kier molecular flexibility index (Phi) is 9.99. The van der Waals surface area contributed by atoms with Crippen LogP contribution in [-0.2, 0) is 38.7 Å². The summed E-state index contributed by atoms with van der Waals surface area (Å²) < 4.78 is 11.1. The number of alkyl carbamates (subject to hydrolysis) is 1. The van der Waals surface area contributed by atoms with E-state index in [2.05, 4.69) is 15.6 Å². The summed E-state index contributed by atoms with van der Waals surface area (Å²) in [4.78, 5) is 43.1. The van der Waals surface area contributed by atoms with Crippen LogP contribution in [0.15, 0.2) is 97.2 Å². The van der Waals surface area contributed by atoms with Gasteiger partial charge in [0, 0.05) is 23.5 Å². The van der Waals surface area contributed by atoms with Crippen molar-refractivity contribution in [2.45, 2.75) is 52.0 Å². The molecular formula is C36H37N3O6. The van der Waals surface area contributed by atoms with Gasteiger partial charge < -0.3 is 30.2 Å². The van der Waals surface area contributed by atoms with Crippen LogP contribution in [0.3, 0.4) is 0 Å². The lowest BCUT2D eigenvalue weighted by Crippen LogP contribution is -2.53. The van der Waals surface area contributed by atoms with Crippen LogP contribution in [0.1, 0.15) is 37.0 Å². The van der Waals surface area contributed by atoms with E-state index in [-0.39, 0.29) is 31.3 Å². The highest BCUT2D eigenvalue weighted by molar-refractivity contribution is 5.91. The normalized spacial score (nSPS) is 12.5. The minimum atomic E-state index is -1.03. The molecule has 0 saturated heterocycles. The second kappa shape index (κ2) is 14.4. The number of benzene rings is 4. The Morgan fingerprint density at radius 3 is 2.24 bits per heavy atom. The van der Waals surface area contributed by atoms with Gasteiger partial charge in [-0.2, -0.15) is 0 Å². The highest BCUT2D eigenvalue weighted by Crippen LogP contribution is 2.21. The number of phenolic OH excluding ortho intramolecular Hbond substituents is 1. The molecule has 1 aromatic heterocycles. The fraction of sp³-hybridized carbons (Fsp3) is 0.250. The molecule has 5 aromatic rings. The second-order valence-corrected chi connectivity index (χ2v) is 11.5. The van der Waals surface area contributed by atoms with Gasteiger partial charge in [0.1, 0.15) is 31.0 Å². The number of carbonyl (C=O) groups is 3. The van der Waals surface area contributed by atoms with Crippen molar-refractivity contribution in [3.05, 3.63) is 114 Å². The number of H-pyrrole nitrogens is 1. The van der Waals surface area contributed by atoms with Gasteiger partial charge in [-0.05, 0) is 64.1 Å². The van der Waals surface area contributed by atoms with E-state index >= 15 is 0 Å². The fourth-order valence-electron chi connectivity index (χ4n) is 5.20. The fourth-order valence-corrected chi connectivity index (χ4v) is 5.20. The van der Waals surface area contributed by atoms with Crippen molar-refractivity contribution >= 4 is 39.6 Å². The highest BCUT2D eigenvalue weighted by Gasteiger charge is 2.29. The predicted molar refractivity (Wildman–Crippen MR) is 172 cm³/mol. The molecule has 0 unspecified atom stereocenters. The molecule has 2 amide bonds. The number of rotatable bonds is 12. The summed E-state index contributed by atoms with van der Waals surface area (Å²) in [6.07, 6.45) is 1.59. The maximum absolute atomic E-state index is 13.6. The molecule has 0 fully saturated rings. The van der Waals surface area contributed by atoms with E-state index in [1.807, 2.05) is 86.8 Å². The molecule has 232 valence electrons. The summed E-state index contributed by atoms with van der Waals surface area (Å²) >= 11 is 0. The monoisotopic (exact) mass is 607 g/mol. The number of aromatic nitrogens is 1. The SMILES string of the molecule is CC(C)C[C@H](NC(=O)OCc1ccc2ccccc2c1)C(=O)N[C@@H](Cc1c[nH]c2ccccc12)C(=O)OCc1ccc(O)cc1. The smallest absolute Gasteiger partial charge is 0.408 e. The van der Waals surface area contributed by atoms with Gasteiger partial charge in [-0.1, -0.05) is 80.6 Å². The molecule has 9 heteroatoms. The minimum Gasteiger partial charge on any atom is -0.508 e. The molecule has 4 aromatic carbocycles. The molecule has 0 aliphatic carbocycles. The molecule has 5 rings (SSSR count). The molecule has 0 radical (unpaired) electrons. The number of fused-ring (bicyclic) bond motifs is 2. The van der Waals surface area contributed by atoms with Crippen LogP contribution in [0.25, 0.3) is 21.7 Å². The molecule has 9 nitrogen and oxygen atoms in total. The lowest BCUT2D eigenvalue weighted by Gasteiger charge is -2.23. The molecule has 0 bridgehead atoms. The van der Waals surface area contributed by atoms with E-state index in [1.54, 1.807) is 12.1 Å². The third-order valence-electron chi connectivity index (χ3n) is 7.52. The minimum absolute atomic E-state index is 0.0336. The van der Waals surface area contributed by atoms with Crippen molar-refractivity contribution in [1.29, 1.82) is 0 Å². The van der Waals surface area contributed by atoms with E-state index in [1.165, 1.54) is 12.1 Å². The van der Waals surface area contributed by atoms with Crippen molar-refractivity contribution in [2.24, 2.45) is 5.92 Å². The zero-order valence-corrected chi connectivity index (χ0v) is 25.3. The lowest BCUT2D eigenvalue weighted by molar-refractivity contribution is -0.149. The van der Waals surface area contributed by atoms with Gasteiger partial charge in [0.05, 0.1) is 0 Å². The van der Waals surface area contributed by atoms with Crippen molar-refractivity contribution in [2.75, 3.05) is 0 Å². The summed E-state index contributed by atoms with van der Waals surface area (Å²) in [5.74, 6) is -0.967. The number of para-hydroxylation sites is 1. The number of hydrogen-bond acceptors (Lipinski definition) is 6. The van der Waals surface area contributed by atoms with Gasteiger partial charge >= 0.3 is 12.1 Å². The average Bonchev–Trinajstić information content (AvgIpc) is 3.45. The van der Waals surface area contributed by atoms with Gasteiger partial charge in [0.2, 0.25) is 5.91 Å². The number of esters is 1. The Bertz CT molecular complexity index is 1780. The number of hydrogen-bond donors (Lipinski definition) is 4. The summed E-state index contributed by atoms with van der Waals surface area (Å²) in [5.41, 5.74) is 3.25. The highest BCUT2D eigenvalue weighted by atomic mass is 16.5. The number of ether oxygens (including phenoxy) is 2. The average molecular weight is 608 g/mol. The Morgan fingerprint density at radius 1 is 0.778 bits per heavy atom. The standard InChI is InChI=1S/C36H37N3O6/c1-23(2)17-32(39-36(43)45-22-25-11-14-26-7-3-4-8-27(26)18-25)34(41)38-33(19-28-20-37-31-10-6-5-9-30(28)31)35(42)44-21-24-12-15-29(40)16-13-24/h3-16,18,20,23,32-33,37,40H,17,19,21-22H2,1-2H3,(H,38,41)(H,39,43)/t32-,33-/m0/s1. The number of phenols is 1. The molecule has 1 heterocycles. The first kappa shape index (κ1) is 31.1. The lowest BCUT2D eigenvalue weighted by atomic mass is 10.0. The predicted octanol–water partition coefficient (Wildman–Crippen LogP) is 6.14. The Hall–Kier alpha value is -5.31. The number of carbonyl (C=O) groups excluding carboxylic acids is 3. The van der Waals surface area contributed by atoms with E-state index < -0.39 is 30.1 Å². The summed E-state index contributed by atoms with van der Waals surface area (Å²) in [6.45, 7) is 3.89. The first-order chi connectivity index (χ1) is 21.7. The summed E-state index contributed by atoms with van der Waals surface area (Å²) in [6, 6.07) is 25.8. The van der Waals surface area contributed by atoms with Gasteiger partial charge in [0.15, 0.2) is 0 Å². The number of nitrogens with one attached hydrogen (secondary N) is 3. The Morgan fingerprint density at radius 2 is 1.47 bits per heavy atom. The third-order valence-corrected chi connectivity index (χ3v) is 7.52. The number of aromatic hydroxyl groups is 1. The van der Waals surface area contributed by atoms with Crippen LogP contribution in [-0.4, -0.2) is 40.1 Å². The number of amides is 2. The van der Waals surface area contributed by atoms with E-state index in [4.69, 9.17) is 9.47 Å². The quantitative estimate of drug-likeness (QED) is 0.126. The van der Waals surface area contributed by atoms with E-state index in [0.717, 1.165) is 32.8 Å². The van der Waals surface area contributed by atoms with Crippen molar-refractivity contribution in [1.82, 2.24) is 15.6 Å². The Labute approximate surface area is 261 Å². The van der Waals surface area contributed by atoms with Gasteiger partial charge in [-0.3, -0.25) is 4.79 Å². The summed E-state index contributed by atoms with van der Waals surface area (Å²) in [5, 5.41) is 18.1. The second-order valence-electron chi connectivity index (χ2n) is 11.5. The zero-order chi connectivity index (χ0) is 31.8. The van der Waals surface area contributed by atoms with E-state index in [9.17, 15) is 19.5 Å². The topological polar surface area (TPSA) is 130 Å². The van der Waals surface area contributed by atoms with Crippen LogP contribution in [0.2, 0.25) is 0 Å². The van der Waals surface area contributed by atoms with Crippen molar-refractivity contribution in [3.8, 4) is 5.75 Å². The number of aromatic amines is 1. The van der Waals surface area contributed by atoms with Crippen LogP contribution in [0.4, 0.5) is 4.79 Å². The van der Waals surface area contributed by atoms with Crippen molar-refractivity contribution in [3.63, 3.8) is 0 Å². The molecule has 0 saturated carbocycles. The maximum Gasteiger partial charge on any atom is 0.408 e. The van der Waals surface area contributed by atoms with Crippen LogP contribution in [0.5, 0.6) is 5.75 Å². The third kappa shape index (κ3) is 8.41. The van der Waals surface area contributed by atoms with Crippen LogP contribution >= 0.6 is 0 Å². The van der Waals surface area contributed by atoms with E-state index in [0.29, 0.717) is 12.0 Å². The first-order valence-electron chi connectivity index (χ1n) is 15.0. The summed E-state index contributed by atoms with van der Waals surface area (Å²) in [7, 11) is 0. The van der Waals surface area contributed by atoms with Gasteiger partial charge in [-0.25, -0.2) is 9.59 Å². The Balaban J connectivity index is 1.27. The van der Waals surface area contributed by atoms with Gasteiger partial charge in [-0.15, -0.1) is 0 Å². The van der Waals surface area contributed by atoms with Crippen LogP contribution < -0.4 is 10.6 Å². The molecule has 4 N–H and O–H groups in total. The zero-order valence-electron chi connectivity index (χ0n) is 25.3. The van der Waals surface area contributed by atoms with Crippen LogP contribution in [0, 0.1) is 5.92 Å². The van der Waals surface area contributed by atoms with Gasteiger partial charge in [0.25, 0.3) is 0 Å². The molecular weight excluding hydrogens is 570 g/mol. The molecule has 2 atom stereocenters. The maximum atomic E-state index is 13.6. The first-order valence-corrected chi connectivity index (χ1v) is 15.0. The van der Waals surface area contributed by atoms with Crippen molar-refractivity contribution < 1.29 is 29.0 Å². The molecule has 0 spiro atoms. The molecule has 0 aliphatic rings. The molecule has 0 aliphatic heterocycles. The molecule has 45 heavy (non-hydrogen) atoms. The largest absolute Gasteiger partial charge is 0.508 e.